The van der Waals surface area contributed by atoms with Crippen LogP contribution in [0.1, 0.15) is 162 Å². The Balaban J connectivity index is 2.52. The van der Waals surface area contributed by atoms with E-state index in [1.807, 2.05) is 21.1 Å². The number of hydrogen-bond donors (Lipinski definition) is 3. The highest BCUT2D eigenvalue weighted by molar-refractivity contribution is 7.45. The number of rotatable bonds is 37. The molecule has 1 unspecified atom stereocenters. The monoisotopic (exact) mass is 858 g/mol. The lowest BCUT2D eigenvalue weighted by atomic mass is 9.89. The number of quaternary nitrogens is 1. The van der Waals surface area contributed by atoms with Gasteiger partial charge in [0.25, 0.3) is 7.82 Å². The molecule has 1 aliphatic rings. The zero-order chi connectivity index (χ0) is 43.8. The largest absolute Gasteiger partial charge is 0.756 e. The topological polar surface area (TPSA) is 172 Å². The Hall–Kier alpha value is -1.89. The second-order valence-corrected chi connectivity index (χ2v) is 18.8. The van der Waals surface area contributed by atoms with Crippen LogP contribution in [-0.4, -0.2) is 104 Å². The van der Waals surface area contributed by atoms with Gasteiger partial charge in [-0.05, 0) is 50.9 Å². The molecule has 1 fully saturated rings. The van der Waals surface area contributed by atoms with Crippen molar-refractivity contribution < 1.29 is 57.4 Å². The normalized spacial score (nSPS) is 20.8. The summed E-state index contributed by atoms with van der Waals surface area (Å²) in [5.74, 6) is -1.74. The molecule has 0 amide bonds. The van der Waals surface area contributed by atoms with Gasteiger partial charge in [0.1, 0.15) is 19.8 Å². The van der Waals surface area contributed by atoms with Crippen molar-refractivity contribution in [1.82, 2.24) is 0 Å². The van der Waals surface area contributed by atoms with Crippen molar-refractivity contribution in [3.63, 3.8) is 0 Å². The number of phosphoric ester groups is 1. The van der Waals surface area contributed by atoms with Gasteiger partial charge < -0.3 is 43.2 Å². The molecule has 1 saturated carbocycles. The van der Waals surface area contributed by atoms with Crippen LogP contribution in [0.15, 0.2) is 36.5 Å². The van der Waals surface area contributed by atoms with Crippen LogP contribution in [0.4, 0.5) is 0 Å². The molecule has 0 aliphatic heterocycles. The Bertz CT molecular complexity index is 1220. The summed E-state index contributed by atoms with van der Waals surface area (Å²) in [4.78, 5) is 37.8. The molecular formula is C46H84NO11P. The fourth-order valence-corrected chi connectivity index (χ4v) is 7.76. The van der Waals surface area contributed by atoms with E-state index in [4.69, 9.17) is 18.5 Å². The molecule has 0 aromatic carbocycles. The molecule has 0 aromatic rings. The van der Waals surface area contributed by atoms with Crippen molar-refractivity contribution in [3.8, 4) is 0 Å². The Morgan fingerprint density at radius 1 is 0.763 bits per heavy atom. The fraction of sp³-hybridized carbons (Fsp3) is 0.826. The Morgan fingerprint density at radius 3 is 1.98 bits per heavy atom. The number of esters is 2. The Kier molecular flexibility index (Phi) is 31.5. The van der Waals surface area contributed by atoms with Gasteiger partial charge in [0.2, 0.25) is 0 Å². The molecule has 1 aliphatic carbocycles. The first kappa shape index (κ1) is 55.1. The number of allylic oxidation sites excluding steroid dienone is 3. The molecule has 0 heterocycles. The quantitative estimate of drug-likeness (QED) is 0.0180. The highest BCUT2D eigenvalue weighted by atomic mass is 31.2. The zero-order valence-electron chi connectivity index (χ0n) is 37.5. The van der Waals surface area contributed by atoms with E-state index in [0.29, 0.717) is 30.3 Å². The number of ether oxygens (including phenoxy) is 2. The summed E-state index contributed by atoms with van der Waals surface area (Å²) < 4.78 is 33.8. The molecule has 0 radical (unpaired) electrons. The van der Waals surface area contributed by atoms with Crippen LogP contribution in [-0.2, 0) is 32.7 Å². The third-order valence-electron chi connectivity index (χ3n) is 10.7. The molecule has 0 aromatic heterocycles. The number of unbranched alkanes of at least 4 members (excludes halogenated alkanes) is 15. The Labute approximate surface area is 358 Å². The molecular weight excluding hydrogens is 773 g/mol. The van der Waals surface area contributed by atoms with Crippen LogP contribution in [0.3, 0.4) is 0 Å². The first-order chi connectivity index (χ1) is 28.2. The van der Waals surface area contributed by atoms with E-state index in [0.717, 1.165) is 51.4 Å². The third kappa shape index (κ3) is 30.7. The van der Waals surface area contributed by atoms with E-state index >= 15 is 0 Å². The van der Waals surface area contributed by atoms with Crippen molar-refractivity contribution in [2.45, 2.75) is 186 Å². The van der Waals surface area contributed by atoms with E-state index in [9.17, 15) is 34.4 Å². The number of nitrogens with zero attached hydrogens (tertiary/aromatic N) is 1. The molecule has 0 bridgehead atoms. The van der Waals surface area contributed by atoms with E-state index in [2.05, 4.69) is 26.0 Å². The van der Waals surface area contributed by atoms with Gasteiger partial charge in [0.15, 0.2) is 6.10 Å². The van der Waals surface area contributed by atoms with E-state index in [1.165, 1.54) is 57.8 Å². The van der Waals surface area contributed by atoms with Crippen LogP contribution in [0.5, 0.6) is 0 Å². The van der Waals surface area contributed by atoms with Gasteiger partial charge in [-0.15, -0.1) is 0 Å². The van der Waals surface area contributed by atoms with Crippen molar-refractivity contribution in [1.29, 1.82) is 0 Å². The van der Waals surface area contributed by atoms with Crippen molar-refractivity contribution in [3.05, 3.63) is 36.5 Å². The molecule has 12 nitrogen and oxygen atoms in total. The summed E-state index contributed by atoms with van der Waals surface area (Å²) in [7, 11) is 0.991. The van der Waals surface area contributed by atoms with Crippen LogP contribution in [0.25, 0.3) is 0 Å². The van der Waals surface area contributed by atoms with Gasteiger partial charge in [0.05, 0.1) is 52.5 Å². The van der Waals surface area contributed by atoms with Crippen molar-refractivity contribution in [2.75, 3.05) is 47.5 Å². The summed E-state index contributed by atoms with van der Waals surface area (Å²) >= 11 is 0. The van der Waals surface area contributed by atoms with E-state index in [1.54, 1.807) is 24.3 Å². The lowest BCUT2D eigenvalue weighted by Crippen LogP contribution is -2.37. The first-order valence-electron chi connectivity index (χ1n) is 23.0. The minimum Gasteiger partial charge on any atom is -0.756 e. The van der Waals surface area contributed by atoms with Crippen LogP contribution < -0.4 is 4.89 Å². The number of carbonyl (C=O) groups excluding carboxylic acids is 2. The molecule has 7 atom stereocenters. The maximum Gasteiger partial charge on any atom is 0.309 e. The second-order valence-electron chi connectivity index (χ2n) is 17.4. The third-order valence-corrected chi connectivity index (χ3v) is 11.7. The maximum absolute atomic E-state index is 12.7. The predicted molar refractivity (Wildman–Crippen MR) is 233 cm³/mol. The average molecular weight is 858 g/mol. The fourth-order valence-electron chi connectivity index (χ4n) is 7.03. The van der Waals surface area contributed by atoms with Crippen molar-refractivity contribution >= 4 is 19.8 Å². The summed E-state index contributed by atoms with van der Waals surface area (Å²) in [6, 6.07) is 0. The summed E-state index contributed by atoms with van der Waals surface area (Å²) in [6.45, 7) is 3.74. The average Bonchev–Trinajstić information content (AvgIpc) is 3.44. The number of phosphoric acid groups is 1. The van der Waals surface area contributed by atoms with Crippen molar-refractivity contribution in [2.24, 2.45) is 11.8 Å². The highest BCUT2D eigenvalue weighted by Gasteiger charge is 2.39. The van der Waals surface area contributed by atoms with Gasteiger partial charge >= 0.3 is 11.9 Å². The number of likely N-dealkylation sites (N-methyl/N-ethyl adjacent to an activating group) is 1. The van der Waals surface area contributed by atoms with E-state index in [-0.39, 0.29) is 37.7 Å². The summed E-state index contributed by atoms with van der Waals surface area (Å²) in [5, 5.41) is 31.4. The number of aliphatic hydroxyl groups excluding tert-OH is 3. The minimum absolute atomic E-state index is 0.0821. The first-order valence-corrected chi connectivity index (χ1v) is 24.4. The number of carbonyl (C=O) groups is 2. The molecule has 0 spiro atoms. The van der Waals surface area contributed by atoms with Gasteiger partial charge in [-0.2, -0.15) is 0 Å². The standard InChI is InChI=1S/C46H84NO11P/c1-6-8-10-11-12-13-14-15-16-17-18-19-20-21-22-23-25-31-46(52)58-40(38-57-59(53,54)56-35-34-47(3,4)5)37-55-45(51)30-27-26-29-41-42(44(50)36-43(41)49)33-32-39(48)28-24-9-7-2/h15-16,26-27,32-33,39-44,48-50H,6-14,17-25,28-31,34-38H2,1-5H3/b16-15-,27-26-,33-32+/t39-,40-,41+,42-,43+,44-/m1/s1. The van der Waals surface area contributed by atoms with Gasteiger partial charge in [-0.25, -0.2) is 0 Å². The molecule has 3 N–H and O–H groups in total. The second kappa shape index (κ2) is 33.7. The van der Waals surface area contributed by atoms with Gasteiger partial charge in [-0.3, -0.25) is 14.2 Å². The molecule has 1 rings (SSSR count). The van der Waals surface area contributed by atoms with Crippen LogP contribution >= 0.6 is 7.82 Å². The molecule has 0 saturated heterocycles. The molecule has 344 valence electrons. The lowest BCUT2D eigenvalue weighted by Gasteiger charge is -2.28. The number of hydrogen-bond acceptors (Lipinski definition) is 11. The lowest BCUT2D eigenvalue weighted by molar-refractivity contribution is -0.870. The Morgan fingerprint density at radius 2 is 1.36 bits per heavy atom. The van der Waals surface area contributed by atoms with Crippen LogP contribution in [0.2, 0.25) is 0 Å². The summed E-state index contributed by atoms with van der Waals surface area (Å²) in [6.07, 6.45) is 30.1. The van der Waals surface area contributed by atoms with Gasteiger partial charge in [-0.1, -0.05) is 134 Å². The zero-order valence-corrected chi connectivity index (χ0v) is 38.4. The van der Waals surface area contributed by atoms with Crippen LogP contribution in [0, 0.1) is 11.8 Å². The molecule has 13 heteroatoms. The van der Waals surface area contributed by atoms with Gasteiger partial charge in [0, 0.05) is 18.8 Å². The molecule has 59 heavy (non-hydrogen) atoms. The maximum atomic E-state index is 12.7. The summed E-state index contributed by atoms with van der Waals surface area (Å²) in [5.41, 5.74) is 0. The SMILES string of the molecule is CCCCCCCC/C=C\CCCCCCCCCC(=O)O[C@H](COC(=O)C/C=C\C[C@H]1[C@@H](/C=C/[C@H](O)CCCCC)[C@H](O)C[C@@H]1O)COP(=O)([O-])OCC[N+](C)(C)C. The number of aliphatic hydroxyl groups is 3. The minimum atomic E-state index is -4.71. The smallest absolute Gasteiger partial charge is 0.309 e. The highest BCUT2D eigenvalue weighted by Crippen LogP contribution is 2.38. The predicted octanol–water partition coefficient (Wildman–Crippen LogP) is 8.66. The van der Waals surface area contributed by atoms with E-state index < -0.39 is 57.4 Å².